The summed E-state index contributed by atoms with van der Waals surface area (Å²) in [6.07, 6.45) is 6.47. The second-order valence-electron chi connectivity index (χ2n) is 5.68. The first-order valence-electron chi connectivity index (χ1n) is 7.91. The molecule has 23 heavy (non-hydrogen) atoms. The van der Waals surface area contributed by atoms with Gasteiger partial charge in [0.2, 0.25) is 0 Å². The first kappa shape index (κ1) is 17.1. The minimum atomic E-state index is -0.788. The van der Waals surface area contributed by atoms with E-state index in [1.165, 1.54) is 6.08 Å². The van der Waals surface area contributed by atoms with Gasteiger partial charge in [-0.05, 0) is 43.5 Å². The molecule has 0 aliphatic heterocycles. The molecule has 0 radical (unpaired) electrons. The van der Waals surface area contributed by atoms with Crippen LogP contribution >= 0.6 is 0 Å². The van der Waals surface area contributed by atoms with Crippen molar-refractivity contribution < 1.29 is 19.1 Å². The van der Waals surface area contributed by atoms with Crippen LogP contribution in [-0.4, -0.2) is 31.1 Å². The van der Waals surface area contributed by atoms with Gasteiger partial charge in [-0.3, -0.25) is 4.79 Å². The van der Waals surface area contributed by atoms with Gasteiger partial charge >= 0.3 is 5.97 Å². The Balaban J connectivity index is 1.80. The normalized spacial score (nSPS) is 16.3. The summed E-state index contributed by atoms with van der Waals surface area (Å²) in [4.78, 5) is 23.7. The van der Waals surface area contributed by atoms with Crippen molar-refractivity contribution in [3.8, 4) is 5.75 Å². The molecule has 5 nitrogen and oxygen atoms in total. The molecule has 1 aliphatic rings. The van der Waals surface area contributed by atoms with Crippen molar-refractivity contribution in [2.45, 2.75) is 44.8 Å². The predicted octanol–water partition coefficient (Wildman–Crippen LogP) is 2.70. The molecule has 1 fully saturated rings. The van der Waals surface area contributed by atoms with Crippen LogP contribution in [0.3, 0.4) is 0 Å². The SMILES string of the molecule is COc1ccc(/C=C/C(=O)O[C@@H](C)C(=O)NC2CCCC2)cc1. The van der Waals surface area contributed by atoms with Crippen molar-refractivity contribution in [1.82, 2.24) is 5.32 Å². The highest BCUT2D eigenvalue weighted by atomic mass is 16.5. The van der Waals surface area contributed by atoms with Crippen LogP contribution in [0.25, 0.3) is 6.08 Å². The highest BCUT2D eigenvalue weighted by Crippen LogP contribution is 2.17. The van der Waals surface area contributed by atoms with E-state index in [0.29, 0.717) is 0 Å². The molecule has 1 atom stereocenters. The average Bonchev–Trinajstić information content (AvgIpc) is 3.06. The van der Waals surface area contributed by atoms with Crippen LogP contribution in [0.2, 0.25) is 0 Å². The minimum absolute atomic E-state index is 0.221. The van der Waals surface area contributed by atoms with E-state index in [1.54, 1.807) is 20.1 Å². The fraction of sp³-hybridized carbons (Fsp3) is 0.444. The van der Waals surface area contributed by atoms with Crippen LogP contribution in [0.1, 0.15) is 38.2 Å². The van der Waals surface area contributed by atoms with Gasteiger partial charge in [0.1, 0.15) is 5.75 Å². The van der Waals surface area contributed by atoms with Gasteiger partial charge < -0.3 is 14.8 Å². The lowest BCUT2D eigenvalue weighted by Gasteiger charge is -2.16. The fourth-order valence-electron chi connectivity index (χ4n) is 2.54. The summed E-state index contributed by atoms with van der Waals surface area (Å²) in [5.74, 6) is -0.0140. The second-order valence-corrected chi connectivity index (χ2v) is 5.68. The summed E-state index contributed by atoms with van der Waals surface area (Å²) in [6.45, 7) is 1.59. The summed E-state index contributed by atoms with van der Waals surface area (Å²) in [5.41, 5.74) is 0.853. The molecule has 1 aromatic carbocycles. The zero-order valence-corrected chi connectivity index (χ0v) is 13.6. The number of rotatable bonds is 6. The lowest BCUT2D eigenvalue weighted by atomic mass is 10.2. The van der Waals surface area contributed by atoms with Gasteiger partial charge in [-0.2, -0.15) is 0 Å². The molecule has 1 saturated carbocycles. The standard InChI is InChI=1S/C18H23NO4/c1-13(18(21)19-15-5-3-4-6-15)23-17(20)12-9-14-7-10-16(22-2)11-8-14/h7-13,15H,3-6H2,1-2H3,(H,19,21)/b12-9+/t13-/m0/s1. The zero-order chi connectivity index (χ0) is 16.7. The molecule has 5 heteroatoms. The molecular weight excluding hydrogens is 294 g/mol. The number of amides is 1. The molecule has 0 saturated heterocycles. The first-order chi connectivity index (χ1) is 11.1. The lowest BCUT2D eigenvalue weighted by molar-refractivity contribution is -0.150. The van der Waals surface area contributed by atoms with Gasteiger partial charge in [0.05, 0.1) is 7.11 Å². The second kappa shape index (κ2) is 8.36. The Morgan fingerprint density at radius 2 is 1.87 bits per heavy atom. The van der Waals surface area contributed by atoms with Crippen molar-refractivity contribution in [3.63, 3.8) is 0 Å². The van der Waals surface area contributed by atoms with Crippen molar-refractivity contribution in [2.75, 3.05) is 7.11 Å². The van der Waals surface area contributed by atoms with Gasteiger partial charge in [-0.25, -0.2) is 4.79 Å². The molecule has 0 unspecified atom stereocenters. The van der Waals surface area contributed by atoms with E-state index in [9.17, 15) is 9.59 Å². The van der Waals surface area contributed by atoms with Crippen LogP contribution in [-0.2, 0) is 14.3 Å². The van der Waals surface area contributed by atoms with Crippen LogP contribution in [0, 0.1) is 0 Å². The van der Waals surface area contributed by atoms with Crippen molar-refractivity contribution in [2.24, 2.45) is 0 Å². The third-order valence-electron chi connectivity index (χ3n) is 3.89. The van der Waals surface area contributed by atoms with Gasteiger partial charge in [-0.15, -0.1) is 0 Å². The number of carbonyl (C=O) groups excluding carboxylic acids is 2. The predicted molar refractivity (Wildman–Crippen MR) is 88.0 cm³/mol. The Morgan fingerprint density at radius 3 is 2.48 bits per heavy atom. The number of carbonyl (C=O) groups is 2. The van der Waals surface area contributed by atoms with Crippen molar-refractivity contribution >= 4 is 18.0 Å². The van der Waals surface area contributed by atoms with Crippen LogP contribution in [0.15, 0.2) is 30.3 Å². The van der Waals surface area contributed by atoms with E-state index in [2.05, 4.69) is 5.32 Å². The number of hydrogen-bond acceptors (Lipinski definition) is 4. The molecule has 2 rings (SSSR count). The van der Waals surface area contributed by atoms with Gasteiger partial charge in [0.25, 0.3) is 5.91 Å². The molecule has 0 aromatic heterocycles. The Morgan fingerprint density at radius 1 is 1.22 bits per heavy atom. The summed E-state index contributed by atoms with van der Waals surface area (Å²) < 4.78 is 10.2. The monoisotopic (exact) mass is 317 g/mol. The third kappa shape index (κ3) is 5.43. The van der Waals surface area contributed by atoms with E-state index in [1.807, 2.05) is 24.3 Å². The highest BCUT2D eigenvalue weighted by molar-refractivity contribution is 5.90. The summed E-state index contributed by atoms with van der Waals surface area (Å²) >= 11 is 0. The topological polar surface area (TPSA) is 64.6 Å². The van der Waals surface area contributed by atoms with Crippen LogP contribution in [0.4, 0.5) is 0 Å². The number of nitrogens with one attached hydrogen (secondary N) is 1. The molecule has 0 spiro atoms. The fourth-order valence-corrected chi connectivity index (χ4v) is 2.54. The highest BCUT2D eigenvalue weighted by Gasteiger charge is 2.22. The van der Waals surface area contributed by atoms with Crippen molar-refractivity contribution in [1.29, 1.82) is 0 Å². The van der Waals surface area contributed by atoms with Crippen LogP contribution < -0.4 is 10.1 Å². The van der Waals surface area contributed by atoms with Gasteiger partial charge in [-0.1, -0.05) is 25.0 Å². The smallest absolute Gasteiger partial charge is 0.331 e. The maximum atomic E-state index is 12.0. The molecule has 1 aliphatic carbocycles. The van der Waals surface area contributed by atoms with E-state index in [4.69, 9.17) is 9.47 Å². The molecule has 1 amide bonds. The molecule has 1 aromatic rings. The van der Waals surface area contributed by atoms with Gasteiger partial charge in [0, 0.05) is 12.1 Å². The van der Waals surface area contributed by atoms with E-state index < -0.39 is 12.1 Å². The number of esters is 1. The van der Waals surface area contributed by atoms with E-state index >= 15 is 0 Å². The molecule has 1 N–H and O–H groups in total. The Hall–Kier alpha value is -2.30. The van der Waals surface area contributed by atoms with E-state index in [-0.39, 0.29) is 11.9 Å². The summed E-state index contributed by atoms with van der Waals surface area (Å²) in [5, 5.41) is 2.92. The summed E-state index contributed by atoms with van der Waals surface area (Å²) in [6, 6.07) is 7.50. The quantitative estimate of drug-likeness (QED) is 0.647. The number of benzene rings is 1. The third-order valence-corrected chi connectivity index (χ3v) is 3.89. The lowest BCUT2D eigenvalue weighted by Crippen LogP contribution is -2.40. The number of methoxy groups -OCH3 is 1. The van der Waals surface area contributed by atoms with Crippen LogP contribution in [0.5, 0.6) is 5.75 Å². The van der Waals surface area contributed by atoms with Crippen molar-refractivity contribution in [3.05, 3.63) is 35.9 Å². The largest absolute Gasteiger partial charge is 0.497 e. The molecule has 124 valence electrons. The Bertz CT molecular complexity index is 559. The Kier molecular flexibility index (Phi) is 6.20. The van der Waals surface area contributed by atoms with Gasteiger partial charge in [0.15, 0.2) is 6.10 Å². The van der Waals surface area contributed by atoms with E-state index in [0.717, 1.165) is 37.0 Å². The molecular formula is C18H23NO4. The Labute approximate surface area is 136 Å². The zero-order valence-electron chi connectivity index (χ0n) is 13.6. The maximum Gasteiger partial charge on any atom is 0.331 e. The number of ether oxygens (including phenoxy) is 2. The average molecular weight is 317 g/mol. The summed E-state index contributed by atoms with van der Waals surface area (Å²) in [7, 11) is 1.60. The molecule has 0 bridgehead atoms. The maximum absolute atomic E-state index is 12.0. The minimum Gasteiger partial charge on any atom is -0.497 e. The molecule has 0 heterocycles. The first-order valence-corrected chi connectivity index (χ1v) is 7.91. The number of hydrogen-bond donors (Lipinski definition) is 1.